The number of nitro groups is 1. The Kier molecular flexibility index (Phi) is 6.36. The van der Waals surface area contributed by atoms with Crippen molar-refractivity contribution in [2.45, 2.75) is 0 Å². The molecule has 2 aromatic carbocycles. The molecule has 0 aliphatic rings. The maximum Gasteiger partial charge on any atom is 0.294 e. The largest absolute Gasteiger partial charge is 0.497 e. The molecule has 8 nitrogen and oxygen atoms in total. The number of hydrogen-bond donors (Lipinski definition) is 1. The molecule has 0 saturated carbocycles. The normalized spacial score (nSPS) is 10.7. The first-order chi connectivity index (χ1) is 12.9. The van der Waals surface area contributed by atoms with Crippen LogP contribution in [0.5, 0.6) is 11.5 Å². The van der Waals surface area contributed by atoms with E-state index in [1.54, 1.807) is 24.3 Å². The van der Waals surface area contributed by atoms with Gasteiger partial charge in [0.2, 0.25) is 0 Å². The first kappa shape index (κ1) is 19.8. The van der Waals surface area contributed by atoms with E-state index in [1.165, 1.54) is 32.4 Å². The van der Waals surface area contributed by atoms with Crippen LogP contribution in [0.15, 0.2) is 42.0 Å². The number of anilines is 1. The molecule has 0 saturated heterocycles. The fourth-order valence-electron chi connectivity index (χ4n) is 2.19. The third-order valence-corrected chi connectivity index (χ3v) is 3.75. The summed E-state index contributed by atoms with van der Waals surface area (Å²) in [5, 5.41) is 22.9. The smallest absolute Gasteiger partial charge is 0.294 e. The number of nitro benzene ring substituents is 1. The van der Waals surface area contributed by atoms with Crippen LogP contribution in [0, 0.1) is 21.4 Å². The molecule has 27 heavy (non-hydrogen) atoms. The molecule has 0 spiro atoms. The van der Waals surface area contributed by atoms with E-state index in [-0.39, 0.29) is 22.0 Å². The van der Waals surface area contributed by atoms with Crippen LogP contribution in [-0.4, -0.2) is 25.1 Å². The fourth-order valence-corrected chi connectivity index (χ4v) is 2.36. The van der Waals surface area contributed by atoms with Crippen molar-refractivity contribution in [1.82, 2.24) is 0 Å². The number of amides is 1. The van der Waals surface area contributed by atoms with E-state index >= 15 is 0 Å². The van der Waals surface area contributed by atoms with Gasteiger partial charge in [-0.3, -0.25) is 14.9 Å². The van der Waals surface area contributed by atoms with E-state index in [1.807, 2.05) is 0 Å². The topological polar surface area (TPSA) is 114 Å². The quantitative estimate of drug-likeness (QED) is 0.349. The number of nitrogens with one attached hydrogen (secondary N) is 1. The van der Waals surface area contributed by atoms with Crippen molar-refractivity contribution in [1.29, 1.82) is 5.26 Å². The Labute approximate surface area is 159 Å². The second kappa shape index (κ2) is 8.69. The molecular weight excluding hydrogens is 374 g/mol. The first-order valence-corrected chi connectivity index (χ1v) is 7.86. The van der Waals surface area contributed by atoms with Gasteiger partial charge >= 0.3 is 0 Å². The molecule has 0 bridgehead atoms. The summed E-state index contributed by atoms with van der Waals surface area (Å²) < 4.78 is 10.3. The Hall–Kier alpha value is -3.57. The number of halogens is 1. The monoisotopic (exact) mass is 387 g/mol. The maximum atomic E-state index is 12.4. The Morgan fingerprint density at radius 2 is 2.00 bits per heavy atom. The highest BCUT2D eigenvalue weighted by Gasteiger charge is 2.19. The summed E-state index contributed by atoms with van der Waals surface area (Å²) in [6, 6.07) is 10.4. The van der Waals surface area contributed by atoms with Crippen molar-refractivity contribution in [2.75, 3.05) is 19.5 Å². The van der Waals surface area contributed by atoms with Crippen molar-refractivity contribution in [3.05, 3.63) is 62.7 Å². The van der Waals surface area contributed by atoms with Gasteiger partial charge in [-0.15, -0.1) is 0 Å². The van der Waals surface area contributed by atoms with E-state index in [2.05, 4.69) is 5.32 Å². The zero-order valence-electron chi connectivity index (χ0n) is 14.4. The molecule has 0 unspecified atom stereocenters. The van der Waals surface area contributed by atoms with Crippen LogP contribution in [0.4, 0.5) is 11.4 Å². The van der Waals surface area contributed by atoms with Gasteiger partial charge in [0.1, 0.15) is 28.8 Å². The van der Waals surface area contributed by atoms with Crippen molar-refractivity contribution in [2.24, 2.45) is 0 Å². The average Bonchev–Trinajstić information content (AvgIpc) is 2.67. The number of hydrogen-bond acceptors (Lipinski definition) is 6. The van der Waals surface area contributed by atoms with E-state index < -0.39 is 10.8 Å². The summed E-state index contributed by atoms with van der Waals surface area (Å²) in [5.74, 6) is 0.136. The number of carbonyl (C=O) groups excluding carboxylic acids is 1. The Morgan fingerprint density at radius 1 is 1.26 bits per heavy atom. The van der Waals surface area contributed by atoms with Crippen LogP contribution >= 0.6 is 11.6 Å². The Morgan fingerprint density at radius 3 is 2.59 bits per heavy atom. The van der Waals surface area contributed by atoms with Crippen LogP contribution in [0.2, 0.25) is 5.02 Å². The highest BCUT2D eigenvalue weighted by molar-refractivity contribution is 6.31. The van der Waals surface area contributed by atoms with E-state index in [0.717, 1.165) is 6.07 Å². The first-order valence-electron chi connectivity index (χ1n) is 7.48. The van der Waals surface area contributed by atoms with Crippen molar-refractivity contribution in [3.8, 4) is 17.6 Å². The molecular formula is C18H14ClN3O5. The fraction of sp³-hybridized carbons (Fsp3) is 0.111. The highest BCUT2D eigenvalue weighted by Crippen LogP contribution is 2.29. The van der Waals surface area contributed by atoms with Crippen molar-refractivity contribution in [3.63, 3.8) is 0 Å². The lowest BCUT2D eigenvalue weighted by Gasteiger charge is -2.09. The summed E-state index contributed by atoms with van der Waals surface area (Å²) in [6.07, 6.45) is 1.31. The van der Waals surface area contributed by atoms with E-state index in [4.69, 9.17) is 21.1 Å². The van der Waals surface area contributed by atoms with Crippen LogP contribution in [0.3, 0.4) is 0 Å². The number of ether oxygens (including phenoxy) is 2. The van der Waals surface area contributed by atoms with E-state index in [9.17, 15) is 20.2 Å². The van der Waals surface area contributed by atoms with Crippen molar-refractivity contribution >= 4 is 35.0 Å². The second-order valence-electron chi connectivity index (χ2n) is 5.15. The van der Waals surface area contributed by atoms with Crippen LogP contribution in [0.25, 0.3) is 6.08 Å². The minimum atomic E-state index is -0.805. The molecule has 138 valence electrons. The van der Waals surface area contributed by atoms with Crippen LogP contribution in [-0.2, 0) is 4.79 Å². The van der Waals surface area contributed by atoms with Gasteiger partial charge in [-0.05, 0) is 30.3 Å². The summed E-state index contributed by atoms with van der Waals surface area (Å²) in [5.41, 5.74) is -0.245. The number of methoxy groups -OCH3 is 2. The Balaban J connectivity index is 2.36. The molecule has 0 atom stereocenters. The lowest BCUT2D eigenvalue weighted by atomic mass is 10.1. The summed E-state index contributed by atoms with van der Waals surface area (Å²) in [4.78, 5) is 22.8. The minimum absolute atomic E-state index is 0.0720. The lowest BCUT2D eigenvalue weighted by Crippen LogP contribution is -2.14. The molecule has 1 N–H and O–H groups in total. The predicted octanol–water partition coefficient (Wildman–Crippen LogP) is 3.81. The standard InChI is InChI=1S/C18H14ClN3O5/c1-26-14-5-3-11(17(9-14)27-2)7-12(10-20)18(23)21-15-6-4-13(19)8-16(15)22(24)25/h3-9H,1-2H3,(H,21,23)/b12-7+. The lowest BCUT2D eigenvalue weighted by molar-refractivity contribution is -0.383. The summed E-state index contributed by atoms with van der Waals surface area (Å²) >= 11 is 5.75. The van der Waals surface area contributed by atoms with Gasteiger partial charge in [0.05, 0.1) is 19.1 Å². The van der Waals surface area contributed by atoms with Gasteiger partial charge in [0, 0.05) is 22.7 Å². The van der Waals surface area contributed by atoms with E-state index in [0.29, 0.717) is 17.1 Å². The third-order valence-electron chi connectivity index (χ3n) is 3.51. The van der Waals surface area contributed by atoms with Gasteiger partial charge in [-0.1, -0.05) is 11.6 Å². The molecule has 0 aromatic heterocycles. The number of carbonyl (C=O) groups is 1. The number of nitriles is 1. The van der Waals surface area contributed by atoms with Gasteiger partial charge in [-0.25, -0.2) is 0 Å². The molecule has 1 amide bonds. The van der Waals surface area contributed by atoms with Gasteiger partial charge < -0.3 is 14.8 Å². The molecule has 2 rings (SSSR count). The van der Waals surface area contributed by atoms with Gasteiger partial charge in [-0.2, -0.15) is 5.26 Å². The summed E-state index contributed by atoms with van der Waals surface area (Å²) in [7, 11) is 2.94. The average molecular weight is 388 g/mol. The van der Waals surface area contributed by atoms with Crippen LogP contribution in [0.1, 0.15) is 5.56 Å². The van der Waals surface area contributed by atoms with Crippen molar-refractivity contribution < 1.29 is 19.2 Å². The molecule has 0 radical (unpaired) electrons. The van der Waals surface area contributed by atoms with Gasteiger partial charge in [0.15, 0.2) is 0 Å². The molecule has 0 heterocycles. The third kappa shape index (κ3) is 4.74. The molecule has 0 aliphatic carbocycles. The highest BCUT2D eigenvalue weighted by atomic mass is 35.5. The minimum Gasteiger partial charge on any atom is -0.497 e. The summed E-state index contributed by atoms with van der Waals surface area (Å²) in [6.45, 7) is 0. The number of rotatable bonds is 6. The zero-order valence-corrected chi connectivity index (χ0v) is 15.1. The predicted molar refractivity (Wildman–Crippen MR) is 99.9 cm³/mol. The zero-order chi connectivity index (χ0) is 20.0. The van der Waals surface area contributed by atoms with Crippen LogP contribution < -0.4 is 14.8 Å². The SMILES string of the molecule is COc1ccc(/C=C(\C#N)C(=O)Nc2ccc(Cl)cc2[N+](=O)[O-])c(OC)c1. The molecule has 9 heteroatoms. The molecule has 0 aliphatic heterocycles. The Bertz CT molecular complexity index is 966. The molecule has 0 fully saturated rings. The second-order valence-corrected chi connectivity index (χ2v) is 5.59. The number of benzene rings is 2. The molecule has 2 aromatic rings. The number of nitrogens with zero attached hydrogens (tertiary/aromatic N) is 2. The maximum absolute atomic E-state index is 12.4. The van der Waals surface area contributed by atoms with Gasteiger partial charge in [0.25, 0.3) is 11.6 Å².